The number of nitrogens with zero attached hydrogens (tertiary/aromatic N) is 3. The molecule has 0 aliphatic carbocycles. The summed E-state index contributed by atoms with van der Waals surface area (Å²) in [5.41, 5.74) is 2.43. The maximum Gasteiger partial charge on any atom is 0.116 e. The van der Waals surface area contributed by atoms with E-state index in [1.54, 1.807) is 17.1 Å². The Kier molecular flexibility index (Phi) is 2.93. The molecule has 0 bridgehead atoms. The molecule has 0 aliphatic heterocycles. The summed E-state index contributed by atoms with van der Waals surface area (Å²) in [6.07, 6.45) is 3.41. The van der Waals surface area contributed by atoms with E-state index < -0.39 is 0 Å². The Morgan fingerprint density at radius 2 is 2.00 bits per heavy atom. The molecule has 2 aromatic carbocycles. The smallest absolute Gasteiger partial charge is 0.116 e. The Morgan fingerprint density at radius 3 is 2.84 bits per heavy atom. The molecule has 4 aromatic rings. The van der Waals surface area contributed by atoms with Crippen LogP contribution in [0.15, 0.2) is 53.2 Å². The van der Waals surface area contributed by atoms with Gasteiger partial charge in [0.1, 0.15) is 5.58 Å². The van der Waals surface area contributed by atoms with Crippen molar-refractivity contribution in [2.45, 2.75) is 0 Å². The third kappa shape index (κ3) is 1.79. The first-order chi connectivity index (χ1) is 8.93. The first-order valence-corrected chi connectivity index (χ1v) is 5.62. The van der Waals surface area contributed by atoms with Crippen molar-refractivity contribution in [1.29, 1.82) is 0 Å². The van der Waals surface area contributed by atoms with Gasteiger partial charge in [-0.2, -0.15) is 18.2 Å². The average Bonchev–Trinajstić information content (AvgIpc) is 3.05. The minimum atomic E-state index is 0. The van der Waals surface area contributed by atoms with Crippen LogP contribution in [0.5, 0.6) is 0 Å². The van der Waals surface area contributed by atoms with E-state index in [0.717, 1.165) is 27.6 Å². The summed E-state index contributed by atoms with van der Waals surface area (Å²) in [5, 5.41) is 9.96. The number of para-hydroxylation sites is 1. The molecular weight excluding hydrogens is 418 g/mol. The van der Waals surface area contributed by atoms with Gasteiger partial charge < -0.3 is 4.42 Å². The molecule has 0 saturated heterocycles. The summed E-state index contributed by atoms with van der Waals surface area (Å²) < 4.78 is 7.54. The van der Waals surface area contributed by atoms with Gasteiger partial charge in [0.15, 0.2) is 0 Å². The van der Waals surface area contributed by atoms with E-state index in [-0.39, 0.29) is 20.1 Å². The normalized spacial score (nSPS) is 10.7. The van der Waals surface area contributed by atoms with Gasteiger partial charge in [-0.25, -0.2) is 4.68 Å². The van der Waals surface area contributed by atoms with Gasteiger partial charge >= 0.3 is 0 Å². The fourth-order valence-corrected chi connectivity index (χ4v) is 2.17. The number of fused-ring (bicyclic) bond motifs is 3. The first-order valence-electron chi connectivity index (χ1n) is 5.62. The average molecular weight is 426 g/mol. The monoisotopic (exact) mass is 427 g/mol. The van der Waals surface area contributed by atoms with E-state index in [1.165, 1.54) is 0 Å². The zero-order valence-electron chi connectivity index (χ0n) is 9.70. The van der Waals surface area contributed by atoms with E-state index in [0.29, 0.717) is 0 Å². The van der Waals surface area contributed by atoms with Crippen molar-refractivity contribution in [2.75, 3.05) is 0 Å². The van der Waals surface area contributed by atoms with Gasteiger partial charge in [-0.05, 0) is 11.8 Å². The SMILES string of the molecule is [Ir].[c-]1ccc2c(oc3ccccc32)c1-n1ccnn1. The fraction of sp³-hybridized carbons (Fsp3) is 0. The molecule has 0 amide bonds. The zero-order chi connectivity index (χ0) is 11.9. The van der Waals surface area contributed by atoms with Crippen molar-refractivity contribution < 1.29 is 24.5 Å². The fourth-order valence-electron chi connectivity index (χ4n) is 2.17. The van der Waals surface area contributed by atoms with Crippen LogP contribution in [0, 0.1) is 6.07 Å². The van der Waals surface area contributed by atoms with Crippen LogP contribution in [0.4, 0.5) is 0 Å². The number of benzene rings is 2. The van der Waals surface area contributed by atoms with Crippen molar-refractivity contribution in [3.8, 4) is 5.69 Å². The van der Waals surface area contributed by atoms with Crippen LogP contribution >= 0.6 is 0 Å². The van der Waals surface area contributed by atoms with E-state index >= 15 is 0 Å². The van der Waals surface area contributed by atoms with Crippen LogP contribution < -0.4 is 0 Å². The molecule has 0 saturated carbocycles. The number of hydrogen-bond donors (Lipinski definition) is 0. The van der Waals surface area contributed by atoms with Gasteiger partial charge in [0.25, 0.3) is 0 Å². The van der Waals surface area contributed by atoms with Crippen LogP contribution in [0.25, 0.3) is 27.6 Å². The molecule has 0 aliphatic rings. The van der Waals surface area contributed by atoms with Crippen LogP contribution in [0.1, 0.15) is 0 Å². The number of furan rings is 1. The van der Waals surface area contributed by atoms with Crippen molar-refractivity contribution in [3.05, 3.63) is 54.9 Å². The standard InChI is InChI=1S/C14H8N3O.Ir/c1-2-7-13-10(4-1)11-5-3-6-12(14(11)18-13)17-9-8-15-16-17;/h1-5,7-9H;/q-1;. The Labute approximate surface area is 122 Å². The van der Waals surface area contributed by atoms with Crippen LogP contribution in [0.2, 0.25) is 0 Å². The van der Waals surface area contributed by atoms with E-state index in [9.17, 15) is 0 Å². The predicted octanol–water partition coefficient (Wildman–Crippen LogP) is 2.96. The van der Waals surface area contributed by atoms with Gasteiger partial charge in [0.05, 0.1) is 6.20 Å². The Morgan fingerprint density at radius 1 is 1.11 bits per heavy atom. The van der Waals surface area contributed by atoms with Crippen LogP contribution in [-0.2, 0) is 20.1 Å². The van der Waals surface area contributed by atoms with Crippen molar-refractivity contribution in [1.82, 2.24) is 15.0 Å². The van der Waals surface area contributed by atoms with Gasteiger partial charge in [-0.1, -0.05) is 28.8 Å². The Hall–Kier alpha value is -1.97. The molecule has 2 aromatic heterocycles. The molecule has 5 heteroatoms. The molecule has 95 valence electrons. The molecule has 0 fully saturated rings. The molecule has 0 spiro atoms. The minimum absolute atomic E-state index is 0. The summed E-state index contributed by atoms with van der Waals surface area (Å²) in [6.45, 7) is 0. The van der Waals surface area contributed by atoms with E-state index in [1.807, 2.05) is 36.4 Å². The molecule has 1 radical (unpaired) electrons. The molecule has 4 nitrogen and oxygen atoms in total. The van der Waals surface area contributed by atoms with Crippen LogP contribution in [-0.4, -0.2) is 15.0 Å². The summed E-state index contributed by atoms with van der Waals surface area (Å²) in [4.78, 5) is 0. The Bertz CT molecular complexity index is 836. The van der Waals surface area contributed by atoms with Crippen molar-refractivity contribution in [2.24, 2.45) is 0 Å². The summed E-state index contributed by atoms with van der Waals surface area (Å²) >= 11 is 0. The van der Waals surface area contributed by atoms with Crippen molar-refractivity contribution >= 4 is 21.9 Å². The second kappa shape index (κ2) is 4.61. The largest absolute Gasteiger partial charge is 0.513 e. The topological polar surface area (TPSA) is 43.9 Å². The molecule has 2 heterocycles. The third-order valence-electron chi connectivity index (χ3n) is 2.97. The first kappa shape index (κ1) is 12.1. The number of hydrogen-bond acceptors (Lipinski definition) is 3. The van der Waals surface area contributed by atoms with E-state index in [2.05, 4.69) is 16.4 Å². The van der Waals surface area contributed by atoms with Gasteiger partial charge in [-0.3, -0.25) is 0 Å². The molecular formula is C14H8IrN3O-. The second-order valence-electron chi connectivity index (χ2n) is 4.01. The van der Waals surface area contributed by atoms with E-state index in [4.69, 9.17) is 4.42 Å². The van der Waals surface area contributed by atoms with Gasteiger partial charge in [0.2, 0.25) is 0 Å². The van der Waals surface area contributed by atoms with Crippen LogP contribution in [0.3, 0.4) is 0 Å². The number of rotatable bonds is 1. The van der Waals surface area contributed by atoms with Gasteiger partial charge in [-0.15, -0.1) is 5.10 Å². The molecule has 0 N–H and O–H groups in total. The molecule has 0 atom stereocenters. The van der Waals surface area contributed by atoms with Crippen molar-refractivity contribution in [3.63, 3.8) is 0 Å². The second-order valence-corrected chi connectivity index (χ2v) is 4.01. The summed E-state index contributed by atoms with van der Waals surface area (Å²) in [5.74, 6) is 0. The zero-order valence-corrected chi connectivity index (χ0v) is 12.1. The quantitative estimate of drug-likeness (QED) is 0.440. The predicted molar refractivity (Wildman–Crippen MR) is 67.5 cm³/mol. The summed E-state index contributed by atoms with van der Waals surface area (Å²) in [6, 6.07) is 15.0. The van der Waals surface area contributed by atoms with Gasteiger partial charge in [0, 0.05) is 37.3 Å². The maximum absolute atomic E-state index is 5.89. The number of aromatic nitrogens is 3. The molecule has 0 unspecified atom stereocenters. The maximum atomic E-state index is 5.89. The Balaban J connectivity index is 0.00000110. The third-order valence-corrected chi connectivity index (χ3v) is 2.97. The molecule has 19 heavy (non-hydrogen) atoms. The minimum Gasteiger partial charge on any atom is -0.513 e. The molecule has 4 rings (SSSR count). The summed E-state index contributed by atoms with van der Waals surface area (Å²) in [7, 11) is 0.